The third kappa shape index (κ3) is 3.13. The minimum atomic E-state index is -1.17. The van der Waals surface area contributed by atoms with Gasteiger partial charge in [0.2, 0.25) is 11.5 Å². The molecule has 1 aromatic rings. The van der Waals surface area contributed by atoms with Crippen molar-refractivity contribution < 1.29 is 9.53 Å². The summed E-state index contributed by atoms with van der Waals surface area (Å²) in [5, 5.41) is 7.74. The van der Waals surface area contributed by atoms with Gasteiger partial charge in [-0.2, -0.15) is 5.10 Å². The average molecular weight is 366 g/mol. The summed E-state index contributed by atoms with van der Waals surface area (Å²) >= 11 is 3.29. The molecule has 1 aromatic carbocycles. The van der Waals surface area contributed by atoms with Crippen LogP contribution in [0.5, 0.6) is 0 Å². The lowest BCUT2D eigenvalue weighted by molar-refractivity contribution is -0.183. The van der Waals surface area contributed by atoms with E-state index in [4.69, 9.17) is 4.74 Å². The molecular weight excluding hydrogens is 346 g/mol. The zero-order valence-corrected chi connectivity index (χ0v) is 14.6. The minimum absolute atomic E-state index is 0.215. The second-order valence-corrected chi connectivity index (χ2v) is 6.56. The van der Waals surface area contributed by atoms with E-state index in [9.17, 15) is 4.79 Å². The zero-order chi connectivity index (χ0) is 16.2. The van der Waals surface area contributed by atoms with Crippen LogP contribution in [-0.4, -0.2) is 34.5 Å². The molecule has 0 aliphatic carbocycles. The first kappa shape index (κ1) is 16.8. The van der Waals surface area contributed by atoms with Crippen molar-refractivity contribution in [2.24, 2.45) is 15.6 Å². The molecule has 1 atom stereocenters. The van der Waals surface area contributed by atoms with Crippen molar-refractivity contribution in [1.29, 1.82) is 0 Å². The molecule has 0 N–H and O–H groups in total. The van der Waals surface area contributed by atoms with Gasteiger partial charge >= 0.3 is 0 Å². The fraction of sp³-hybridized carbons (Fsp3) is 0.438. The van der Waals surface area contributed by atoms with Crippen LogP contribution in [0.4, 0.5) is 0 Å². The average Bonchev–Trinajstić information content (AvgIpc) is 2.62. The lowest BCUT2D eigenvalue weighted by atomic mass is 9.79. The van der Waals surface area contributed by atoms with Gasteiger partial charge in [-0.05, 0) is 5.56 Å². The van der Waals surface area contributed by atoms with Crippen LogP contribution >= 0.6 is 15.9 Å². The SMILES string of the molecule is CC(C)(C)[C@]1(OCBr)C(=O)C=NN=CN1Cc1ccccc1. The lowest BCUT2D eigenvalue weighted by Gasteiger charge is -2.47. The summed E-state index contributed by atoms with van der Waals surface area (Å²) < 4.78 is 5.92. The Balaban J connectivity index is 2.48. The van der Waals surface area contributed by atoms with Crippen LogP contribution in [0, 0.1) is 5.41 Å². The Bertz CT molecular complexity index is 581. The smallest absolute Gasteiger partial charge is 0.228 e. The van der Waals surface area contributed by atoms with E-state index in [1.807, 2.05) is 56.0 Å². The predicted molar refractivity (Wildman–Crippen MR) is 91.0 cm³/mol. The highest BCUT2D eigenvalue weighted by Gasteiger charge is 2.53. The van der Waals surface area contributed by atoms with E-state index in [1.54, 1.807) is 6.34 Å². The second-order valence-electron chi connectivity index (χ2n) is 6.10. The number of ether oxygens (including phenoxy) is 1. The van der Waals surface area contributed by atoms with Gasteiger partial charge in [-0.25, -0.2) is 0 Å². The van der Waals surface area contributed by atoms with Gasteiger partial charge in [0, 0.05) is 12.0 Å². The van der Waals surface area contributed by atoms with E-state index in [1.165, 1.54) is 6.21 Å². The van der Waals surface area contributed by atoms with Gasteiger partial charge in [-0.1, -0.05) is 67.0 Å². The molecule has 1 aliphatic rings. The Morgan fingerprint density at radius 2 is 1.91 bits per heavy atom. The van der Waals surface area contributed by atoms with Gasteiger partial charge in [-0.3, -0.25) is 4.79 Å². The van der Waals surface area contributed by atoms with E-state index in [2.05, 4.69) is 26.1 Å². The van der Waals surface area contributed by atoms with Crippen molar-refractivity contribution in [3.8, 4) is 0 Å². The Kier molecular flexibility index (Phi) is 5.13. The maximum atomic E-state index is 12.8. The largest absolute Gasteiger partial charge is 0.336 e. The summed E-state index contributed by atoms with van der Waals surface area (Å²) in [5.74, 6) is -0.215. The van der Waals surface area contributed by atoms with Crippen molar-refractivity contribution >= 4 is 34.3 Å². The Hall–Kier alpha value is -1.53. The molecule has 1 heterocycles. The summed E-state index contributed by atoms with van der Waals surface area (Å²) in [5.41, 5.74) is -0.344. The summed E-state index contributed by atoms with van der Waals surface area (Å²) in [4.78, 5) is 14.6. The van der Waals surface area contributed by atoms with Crippen molar-refractivity contribution in [2.45, 2.75) is 33.0 Å². The topological polar surface area (TPSA) is 54.3 Å². The van der Waals surface area contributed by atoms with Crippen LogP contribution in [0.15, 0.2) is 40.5 Å². The third-order valence-electron chi connectivity index (χ3n) is 3.65. The van der Waals surface area contributed by atoms with E-state index in [0.29, 0.717) is 6.54 Å². The van der Waals surface area contributed by atoms with Gasteiger partial charge in [0.15, 0.2) is 0 Å². The van der Waals surface area contributed by atoms with Gasteiger partial charge in [-0.15, -0.1) is 5.10 Å². The molecule has 0 radical (unpaired) electrons. The Labute approximate surface area is 139 Å². The van der Waals surface area contributed by atoms with E-state index in [0.717, 1.165) is 5.56 Å². The molecule has 118 valence electrons. The predicted octanol–water partition coefficient (Wildman–Crippen LogP) is 3.20. The maximum Gasteiger partial charge on any atom is 0.228 e. The third-order valence-corrected chi connectivity index (χ3v) is 3.88. The Morgan fingerprint density at radius 3 is 2.50 bits per heavy atom. The number of rotatable bonds is 4. The standard InChI is InChI=1S/C16H20BrN3O2/c1-15(2,3)16(22-11-17)14(21)9-18-19-12-20(16)10-13-7-5-4-6-8-13/h4-9,12H,10-11H2,1-3H3/t16-/m1/s1. The van der Waals surface area contributed by atoms with E-state index >= 15 is 0 Å². The van der Waals surface area contributed by atoms with Crippen molar-refractivity contribution in [1.82, 2.24) is 4.90 Å². The molecular formula is C16H20BrN3O2. The summed E-state index contributed by atoms with van der Waals surface area (Å²) in [6, 6.07) is 9.90. The molecule has 0 aromatic heterocycles. The lowest BCUT2D eigenvalue weighted by Crippen LogP contribution is -2.63. The first-order chi connectivity index (χ1) is 10.4. The molecule has 0 amide bonds. The summed E-state index contributed by atoms with van der Waals surface area (Å²) in [6.45, 7) is 6.42. The highest BCUT2D eigenvalue weighted by molar-refractivity contribution is 9.09. The van der Waals surface area contributed by atoms with Crippen molar-refractivity contribution in [2.75, 3.05) is 5.52 Å². The molecule has 2 rings (SSSR count). The molecule has 6 heteroatoms. The maximum absolute atomic E-state index is 12.8. The number of hydrogen-bond acceptors (Lipinski definition) is 5. The van der Waals surface area contributed by atoms with Crippen LogP contribution in [0.25, 0.3) is 0 Å². The van der Waals surface area contributed by atoms with Crippen molar-refractivity contribution in [3.63, 3.8) is 0 Å². The minimum Gasteiger partial charge on any atom is -0.336 e. The van der Waals surface area contributed by atoms with Gasteiger partial charge < -0.3 is 9.64 Å². The molecule has 0 spiro atoms. The van der Waals surface area contributed by atoms with E-state index in [-0.39, 0.29) is 11.3 Å². The molecule has 5 nitrogen and oxygen atoms in total. The van der Waals surface area contributed by atoms with Crippen molar-refractivity contribution in [3.05, 3.63) is 35.9 Å². The first-order valence-electron chi connectivity index (χ1n) is 7.03. The summed E-state index contributed by atoms with van der Waals surface area (Å²) in [6.07, 6.45) is 2.80. The van der Waals surface area contributed by atoms with Crippen LogP contribution in [0.2, 0.25) is 0 Å². The number of nitrogens with zero attached hydrogens (tertiary/aromatic N) is 3. The number of halogens is 1. The number of ketones is 1. The molecule has 22 heavy (non-hydrogen) atoms. The molecule has 0 saturated heterocycles. The molecule has 0 saturated carbocycles. The van der Waals surface area contributed by atoms with Gasteiger partial charge in [0.1, 0.15) is 11.9 Å². The highest BCUT2D eigenvalue weighted by Crippen LogP contribution is 2.39. The number of alkyl halides is 1. The Morgan fingerprint density at radius 1 is 1.23 bits per heavy atom. The normalized spacial score (nSPS) is 22.0. The number of carbonyl (C=O) groups is 1. The molecule has 0 unspecified atom stereocenters. The number of carbonyl (C=O) groups excluding carboxylic acids is 1. The fourth-order valence-corrected chi connectivity index (χ4v) is 3.00. The van der Waals surface area contributed by atoms with Crippen LogP contribution in [-0.2, 0) is 16.1 Å². The number of hydrogen-bond donors (Lipinski definition) is 0. The highest BCUT2D eigenvalue weighted by atomic mass is 79.9. The number of benzene rings is 1. The molecule has 1 aliphatic heterocycles. The fourth-order valence-electron chi connectivity index (χ4n) is 2.67. The second kappa shape index (κ2) is 6.71. The number of Topliss-reactive ketones (excluding diaryl/α,β-unsaturated/α-hetero) is 1. The van der Waals surface area contributed by atoms with Crippen LogP contribution in [0.1, 0.15) is 26.3 Å². The molecule has 0 fully saturated rings. The van der Waals surface area contributed by atoms with Crippen LogP contribution < -0.4 is 0 Å². The summed E-state index contributed by atoms with van der Waals surface area (Å²) in [7, 11) is 0. The van der Waals surface area contributed by atoms with Gasteiger partial charge in [0.05, 0.1) is 6.21 Å². The quantitative estimate of drug-likeness (QED) is 0.769. The van der Waals surface area contributed by atoms with Crippen LogP contribution in [0.3, 0.4) is 0 Å². The first-order valence-corrected chi connectivity index (χ1v) is 8.15. The zero-order valence-electron chi connectivity index (χ0n) is 13.0. The molecule has 0 bridgehead atoms. The monoisotopic (exact) mass is 365 g/mol. The van der Waals surface area contributed by atoms with E-state index < -0.39 is 11.1 Å². The van der Waals surface area contributed by atoms with Gasteiger partial charge in [0.25, 0.3) is 0 Å².